The van der Waals surface area contributed by atoms with Gasteiger partial charge in [0.15, 0.2) is 0 Å². The van der Waals surface area contributed by atoms with E-state index >= 15 is 0 Å². The third-order valence-electron chi connectivity index (χ3n) is 7.22. The summed E-state index contributed by atoms with van der Waals surface area (Å²) in [5.74, 6) is -0.0787. The van der Waals surface area contributed by atoms with Gasteiger partial charge in [0.1, 0.15) is 0 Å². The van der Waals surface area contributed by atoms with E-state index in [4.69, 9.17) is 16.3 Å². The average Bonchev–Trinajstić information content (AvgIpc) is 3.05. The van der Waals surface area contributed by atoms with Gasteiger partial charge in [0.05, 0.1) is 0 Å². The first kappa shape index (κ1) is 26.7. The molecular weight excluding hydrogens is 465 g/mol. The number of carbonyl (C=O) groups is 2. The number of amides is 1. The molecule has 0 aromatic heterocycles. The molecule has 3 rings (SSSR count). The number of nitrogens with one attached hydrogen (secondary N) is 1. The van der Waals surface area contributed by atoms with Gasteiger partial charge in [-0.15, -0.1) is 0 Å². The molecule has 0 radical (unpaired) electrons. The monoisotopic (exact) mass is 503 g/mol. The topological polar surface area (TPSA) is 55.4 Å². The number of ether oxygens (including phenoxy) is 1. The fourth-order valence-electron chi connectivity index (χ4n) is 5.48. The normalized spacial score (nSPS) is 17.3. The molecule has 0 spiro atoms. The molecule has 1 atom stereocenters. The van der Waals surface area contributed by atoms with Crippen molar-refractivity contribution in [1.29, 1.82) is 0 Å². The number of anilines is 1. The van der Waals surface area contributed by atoms with E-state index < -0.39 is 7.26 Å². The van der Waals surface area contributed by atoms with Crippen LogP contribution >= 0.6 is 18.9 Å². The van der Waals surface area contributed by atoms with E-state index in [9.17, 15) is 9.59 Å². The number of halogens is 1. The third kappa shape index (κ3) is 7.06. The molecule has 1 amide bonds. The molecule has 2 aromatic carbocycles. The summed E-state index contributed by atoms with van der Waals surface area (Å²) in [7, 11) is -2.26. The second kappa shape index (κ2) is 12.7. The van der Waals surface area contributed by atoms with Crippen molar-refractivity contribution in [3.63, 3.8) is 0 Å². The number of rotatable bonds is 9. The predicted octanol–water partition coefficient (Wildman–Crippen LogP) is 7.13. The molecule has 0 aliphatic carbocycles. The Labute approximate surface area is 210 Å². The second-order valence-electron chi connectivity index (χ2n) is 9.84. The SMILES string of the molecule is CCCC(C(=O)Nc1c(C)cc(Cl)cc1C)[PH]1(CC(=O)OCc2ccccc2)CCCCCC1. The standard InChI is InChI=1S/C28H39ClNO3P/c1-4-12-25(28(32)30-27-21(2)17-24(29)18-22(27)3)34(15-10-5-6-11-16-34)20-26(31)33-19-23-13-8-7-9-14-23/h7-9,13-14,17-18,25,34H,4-6,10-12,15-16,19-20H2,1-3H3,(H,30,32). The Balaban J connectivity index is 1.83. The van der Waals surface area contributed by atoms with Crippen LogP contribution in [0.2, 0.25) is 5.02 Å². The summed E-state index contributed by atoms with van der Waals surface area (Å²) in [6.45, 7) is 6.37. The molecule has 1 fully saturated rings. The van der Waals surface area contributed by atoms with Gasteiger partial charge in [-0.05, 0) is 0 Å². The van der Waals surface area contributed by atoms with Crippen LogP contribution in [0.15, 0.2) is 42.5 Å². The van der Waals surface area contributed by atoms with Gasteiger partial charge >= 0.3 is 210 Å². The zero-order valence-electron chi connectivity index (χ0n) is 20.8. The zero-order valence-corrected chi connectivity index (χ0v) is 22.5. The van der Waals surface area contributed by atoms with Crippen LogP contribution in [0.1, 0.15) is 62.1 Å². The van der Waals surface area contributed by atoms with Crippen LogP contribution in [0.4, 0.5) is 5.69 Å². The van der Waals surface area contributed by atoms with Crippen molar-refractivity contribution in [3.8, 4) is 0 Å². The van der Waals surface area contributed by atoms with Crippen LogP contribution in [0, 0.1) is 13.8 Å². The van der Waals surface area contributed by atoms with Crippen molar-refractivity contribution >= 4 is 36.4 Å². The molecule has 186 valence electrons. The molecule has 4 nitrogen and oxygen atoms in total. The van der Waals surface area contributed by atoms with Gasteiger partial charge in [0.25, 0.3) is 0 Å². The van der Waals surface area contributed by atoms with E-state index in [1.165, 1.54) is 12.8 Å². The maximum atomic E-state index is 13.8. The minimum atomic E-state index is -2.26. The van der Waals surface area contributed by atoms with Crippen molar-refractivity contribution in [1.82, 2.24) is 0 Å². The molecule has 1 aliphatic rings. The van der Waals surface area contributed by atoms with E-state index in [2.05, 4.69) is 12.2 Å². The van der Waals surface area contributed by atoms with Crippen LogP contribution in [0.25, 0.3) is 0 Å². The summed E-state index contributed by atoms with van der Waals surface area (Å²) >= 11 is 6.21. The quantitative estimate of drug-likeness (QED) is 0.292. The van der Waals surface area contributed by atoms with Gasteiger partial charge in [0.2, 0.25) is 0 Å². The summed E-state index contributed by atoms with van der Waals surface area (Å²) in [6, 6.07) is 13.6. The Kier molecular flexibility index (Phi) is 9.97. The second-order valence-corrected chi connectivity index (χ2v) is 15.1. The fraction of sp³-hybridized carbons (Fsp3) is 0.500. The van der Waals surface area contributed by atoms with E-state index in [-0.39, 0.29) is 24.1 Å². The summed E-state index contributed by atoms with van der Waals surface area (Å²) in [5.41, 5.74) is 3.66. The van der Waals surface area contributed by atoms with Gasteiger partial charge in [0, 0.05) is 0 Å². The van der Waals surface area contributed by atoms with Crippen molar-refractivity contribution in [3.05, 3.63) is 64.2 Å². The molecule has 1 unspecified atom stereocenters. The van der Waals surface area contributed by atoms with Gasteiger partial charge in [-0.3, -0.25) is 0 Å². The van der Waals surface area contributed by atoms with E-state index in [1.807, 2.05) is 56.3 Å². The first-order valence-corrected chi connectivity index (χ1v) is 15.7. The molecule has 1 aliphatic heterocycles. The minimum absolute atomic E-state index is 0.0693. The Bertz CT molecular complexity index is 948. The Morgan fingerprint density at radius 3 is 2.24 bits per heavy atom. The molecular formula is C28H39ClNO3P. The number of benzene rings is 2. The summed E-state index contributed by atoms with van der Waals surface area (Å²) < 4.78 is 5.72. The summed E-state index contributed by atoms with van der Waals surface area (Å²) in [6.07, 6.45) is 8.77. The summed E-state index contributed by atoms with van der Waals surface area (Å²) in [4.78, 5) is 26.9. The van der Waals surface area contributed by atoms with Crippen molar-refractivity contribution in [2.24, 2.45) is 0 Å². The molecule has 1 heterocycles. The molecule has 6 heteroatoms. The maximum absolute atomic E-state index is 13.8. The zero-order chi connectivity index (χ0) is 24.6. The van der Waals surface area contributed by atoms with Gasteiger partial charge in [-0.25, -0.2) is 0 Å². The van der Waals surface area contributed by atoms with Crippen molar-refractivity contribution in [2.45, 2.75) is 71.6 Å². The number of esters is 1. The molecule has 2 aromatic rings. The summed E-state index contributed by atoms with van der Waals surface area (Å²) in [5, 5.41) is 3.92. The van der Waals surface area contributed by atoms with Crippen LogP contribution < -0.4 is 5.32 Å². The van der Waals surface area contributed by atoms with Crippen LogP contribution in [0.3, 0.4) is 0 Å². The van der Waals surface area contributed by atoms with Crippen LogP contribution in [-0.2, 0) is 20.9 Å². The first-order chi connectivity index (χ1) is 16.3. The number of hydrogen-bond acceptors (Lipinski definition) is 3. The molecule has 0 saturated carbocycles. The van der Waals surface area contributed by atoms with Crippen molar-refractivity contribution in [2.75, 3.05) is 23.8 Å². The fourth-order valence-corrected chi connectivity index (χ4v) is 11.5. The predicted molar refractivity (Wildman–Crippen MR) is 146 cm³/mol. The first-order valence-electron chi connectivity index (χ1n) is 12.6. The van der Waals surface area contributed by atoms with Gasteiger partial charge in [-0.2, -0.15) is 0 Å². The van der Waals surface area contributed by atoms with Gasteiger partial charge in [-0.1, -0.05) is 0 Å². The molecule has 1 saturated heterocycles. The van der Waals surface area contributed by atoms with E-state index in [1.54, 1.807) is 0 Å². The third-order valence-corrected chi connectivity index (χ3v) is 13.2. The van der Waals surface area contributed by atoms with Gasteiger partial charge < -0.3 is 0 Å². The number of hydrogen-bond donors (Lipinski definition) is 1. The molecule has 1 N–H and O–H groups in total. The number of carbonyl (C=O) groups excluding carboxylic acids is 2. The van der Waals surface area contributed by atoms with E-state index in [0.717, 1.165) is 60.4 Å². The number of aryl methyl sites for hydroxylation is 2. The molecule has 0 bridgehead atoms. The average molecular weight is 504 g/mol. The van der Waals surface area contributed by atoms with Crippen LogP contribution in [-0.4, -0.2) is 36.0 Å². The van der Waals surface area contributed by atoms with Crippen molar-refractivity contribution < 1.29 is 14.3 Å². The Morgan fingerprint density at radius 2 is 1.65 bits per heavy atom. The van der Waals surface area contributed by atoms with Crippen LogP contribution in [0.5, 0.6) is 0 Å². The molecule has 34 heavy (non-hydrogen) atoms. The Morgan fingerprint density at radius 1 is 1.03 bits per heavy atom. The van der Waals surface area contributed by atoms with E-state index in [0.29, 0.717) is 11.2 Å². The Hall–Kier alpha value is -1.90.